The average molecular weight is 636 g/mol. The Morgan fingerprint density at radius 2 is 0.857 bits per heavy atom. The molecule has 1 atom stereocenters. The Morgan fingerprint density at radius 1 is 0.449 bits per heavy atom. The van der Waals surface area contributed by atoms with Gasteiger partial charge >= 0.3 is 0 Å². The predicted molar refractivity (Wildman–Crippen MR) is 211 cm³/mol. The maximum atomic E-state index is 2.73. The lowest BCUT2D eigenvalue weighted by Gasteiger charge is -2.44. The van der Waals surface area contributed by atoms with Gasteiger partial charge in [0, 0.05) is 19.6 Å². The highest BCUT2D eigenvalue weighted by atomic mass is 15.4. The molecule has 0 amide bonds. The van der Waals surface area contributed by atoms with Crippen LogP contribution in [0, 0.1) is 0 Å². The van der Waals surface area contributed by atoms with Crippen molar-refractivity contribution in [1.82, 2.24) is 9.80 Å². The van der Waals surface area contributed by atoms with Crippen molar-refractivity contribution in [3.8, 4) is 0 Å². The molecule has 0 spiro atoms. The minimum Gasteiger partial charge on any atom is -0.288 e. The van der Waals surface area contributed by atoms with Crippen molar-refractivity contribution < 1.29 is 0 Å². The van der Waals surface area contributed by atoms with Gasteiger partial charge in [-0.15, -0.1) is 0 Å². The van der Waals surface area contributed by atoms with Crippen molar-refractivity contribution in [3.05, 3.63) is 181 Å². The molecule has 2 aliphatic heterocycles. The number of hydrogen-bond acceptors (Lipinski definition) is 2. The molecule has 7 aromatic carbocycles. The molecule has 0 radical (unpaired) electrons. The summed E-state index contributed by atoms with van der Waals surface area (Å²) in [6, 6.07) is 63.6. The fourth-order valence-corrected chi connectivity index (χ4v) is 8.90. The molecule has 0 aromatic heterocycles. The van der Waals surface area contributed by atoms with E-state index in [-0.39, 0.29) is 0 Å². The summed E-state index contributed by atoms with van der Waals surface area (Å²) in [5.41, 5.74) is 6.87. The second-order valence-electron chi connectivity index (χ2n) is 13.8. The third-order valence-electron chi connectivity index (χ3n) is 11.1. The standard InChI is InChI=1S/C24H20B.C22H24N2/c1-5-13-21(14-6-1)25(22-15-7-2-8-16-22,23-17-9-3-10-18-23)24-19-11-4-12-20-24;1-3-9-19-17(7-1)15-18-8-2-4-10-20(18)21(19)16-24-14-6-13-23-12-5-11-22(23)24/h1-20H;1-4,7-10,15,22H,5-6,11-14,16H2/q-1;. The molecule has 242 valence electrons. The van der Waals surface area contributed by atoms with Crippen molar-refractivity contribution in [2.24, 2.45) is 0 Å². The minimum atomic E-state index is -1.22. The highest BCUT2D eigenvalue weighted by Crippen LogP contribution is 2.33. The Hall–Kier alpha value is -4.96. The Labute approximate surface area is 291 Å². The molecule has 0 saturated carbocycles. The summed E-state index contributed by atoms with van der Waals surface area (Å²) in [5, 5.41) is 5.58. The van der Waals surface area contributed by atoms with Crippen LogP contribution < -0.4 is 21.9 Å². The van der Waals surface area contributed by atoms with E-state index in [1.807, 2.05) is 0 Å². The summed E-state index contributed by atoms with van der Waals surface area (Å²) in [4.78, 5) is 5.42. The largest absolute Gasteiger partial charge is 0.288 e. The summed E-state index contributed by atoms with van der Waals surface area (Å²) < 4.78 is 0. The maximum absolute atomic E-state index is 2.73. The summed E-state index contributed by atoms with van der Waals surface area (Å²) >= 11 is 0. The highest BCUT2D eigenvalue weighted by Gasteiger charge is 2.33. The van der Waals surface area contributed by atoms with Crippen LogP contribution in [0.4, 0.5) is 0 Å². The molecule has 0 bridgehead atoms. The Morgan fingerprint density at radius 3 is 1.33 bits per heavy atom. The van der Waals surface area contributed by atoms with Crippen LogP contribution in [0.3, 0.4) is 0 Å². The summed E-state index contributed by atoms with van der Waals surface area (Å²) in [5.74, 6) is 0. The predicted octanol–water partition coefficient (Wildman–Crippen LogP) is 7.68. The topological polar surface area (TPSA) is 6.48 Å². The van der Waals surface area contributed by atoms with Crippen LogP contribution in [0.25, 0.3) is 21.5 Å². The minimum absolute atomic E-state index is 0.663. The van der Waals surface area contributed by atoms with Gasteiger partial charge in [-0.2, -0.15) is 21.9 Å². The van der Waals surface area contributed by atoms with Gasteiger partial charge in [-0.3, -0.25) is 9.80 Å². The van der Waals surface area contributed by atoms with Gasteiger partial charge in [0.15, 0.2) is 0 Å². The van der Waals surface area contributed by atoms with Crippen LogP contribution in [0.2, 0.25) is 0 Å². The third-order valence-corrected chi connectivity index (χ3v) is 11.1. The second kappa shape index (κ2) is 14.3. The molecule has 1 unspecified atom stereocenters. The number of hydrogen-bond donors (Lipinski definition) is 0. The molecule has 2 saturated heterocycles. The number of rotatable bonds is 6. The zero-order chi connectivity index (χ0) is 32.9. The number of benzene rings is 7. The highest BCUT2D eigenvalue weighted by molar-refractivity contribution is 7.19. The first-order chi connectivity index (χ1) is 24.3. The van der Waals surface area contributed by atoms with Gasteiger partial charge in [-0.1, -0.05) is 170 Å². The van der Waals surface area contributed by atoms with Gasteiger partial charge in [-0.05, 0) is 59.0 Å². The zero-order valence-corrected chi connectivity index (χ0v) is 28.2. The van der Waals surface area contributed by atoms with E-state index in [9.17, 15) is 0 Å². The molecule has 7 aromatic rings. The molecule has 2 fully saturated rings. The number of fused-ring (bicyclic) bond motifs is 3. The van der Waals surface area contributed by atoms with E-state index in [4.69, 9.17) is 0 Å². The molecule has 2 heterocycles. The van der Waals surface area contributed by atoms with Crippen molar-refractivity contribution in [1.29, 1.82) is 0 Å². The van der Waals surface area contributed by atoms with Crippen molar-refractivity contribution in [3.63, 3.8) is 0 Å². The average Bonchev–Trinajstić information content (AvgIpc) is 3.67. The molecular weight excluding hydrogens is 591 g/mol. The summed E-state index contributed by atoms with van der Waals surface area (Å²) in [6.07, 6.45) is 3.45. The van der Waals surface area contributed by atoms with Crippen LogP contribution in [0.15, 0.2) is 176 Å². The van der Waals surface area contributed by atoms with Crippen LogP contribution in [0.1, 0.15) is 24.8 Å². The molecule has 0 N–H and O–H groups in total. The molecule has 2 aliphatic rings. The van der Waals surface area contributed by atoms with Gasteiger partial charge < -0.3 is 0 Å². The normalized spacial score (nSPS) is 16.6. The molecule has 3 heteroatoms. The monoisotopic (exact) mass is 635 g/mol. The molecule has 2 nitrogen and oxygen atoms in total. The van der Waals surface area contributed by atoms with Crippen molar-refractivity contribution in [2.45, 2.75) is 32.0 Å². The first-order valence-corrected chi connectivity index (χ1v) is 18.1. The maximum Gasteiger partial charge on any atom is 0.108 e. The Kier molecular flexibility index (Phi) is 9.12. The van der Waals surface area contributed by atoms with E-state index in [0.29, 0.717) is 6.17 Å². The van der Waals surface area contributed by atoms with Gasteiger partial charge in [0.1, 0.15) is 6.15 Å². The van der Waals surface area contributed by atoms with Gasteiger partial charge in [0.2, 0.25) is 0 Å². The van der Waals surface area contributed by atoms with Crippen LogP contribution in [0.5, 0.6) is 0 Å². The van der Waals surface area contributed by atoms with Gasteiger partial charge in [-0.25, -0.2) is 0 Å². The molecule has 9 rings (SSSR count). The van der Waals surface area contributed by atoms with Gasteiger partial charge in [0.05, 0.1) is 6.17 Å². The lowest BCUT2D eigenvalue weighted by atomic mass is 9.13. The fourth-order valence-electron chi connectivity index (χ4n) is 8.90. The van der Waals surface area contributed by atoms with E-state index >= 15 is 0 Å². The quantitative estimate of drug-likeness (QED) is 0.137. The first-order valence-electron chi connectivity index (χ1n) is 18.1. The van der Waals surface area contributed by atoms with E-state index < -0.39 is 6.15 Å². The lowest BCUT2D eigenvalue weighted by molar-refractivity contribution is 0.0292. The third kappa shape index (κ3) is 6.10. The first kappa shape index (κ1) is 31.3. The zero-order valence-electron chi connectivity index (χ0n) is 28.2. The smallest absolute Gasteiger partial charge is 0.108 e. The van der Waals surface area contributed by atoms with E-state index in [0.717, 1.165) is 6.54 Å². The van der Waals surface area contributed by atoms with E-state index in [2.05, 4.69) is 186 Å². The van der Waals surface area contributed by atoms with Gasteiger partial charge in [0.25, 0.3) is 0 Å². The number of nitrogens with zero attached hydrogens (tertiary/aromatic N) is 2. The summed E-state index contributed by atoms with van der Waals surface area (Å²) in [7, 11) is 0. The van der Waals surface area contributed by atoms with E-state index in [1.165, 1.54) is 87.9 Å². The van der Waals surface area contributed by atoms with Crippen molar-refractivity contribution in [2.75, 3.05) is 19.6 Å². The summed E-state index contributed by atoms with van der Waals surface area (Å²) in [6.45, 7) is 4.89. The van der Waals surface area contributed by atoms with E-state index in [1.54, 1.807) is 0 Å². The van der Waals surface area contributed by atoms with Crippen LogP contribution >= 0.6 is 0 Å². The van der Waals surface area contributed by atoms with Crippen LogP contribution in [-0.4, -0.2) is 41.7 Å². The molecular formula is C46H44BN2-. The van der Waals surface area contributed by atoms with Crippen LogP contribution in [-0.2, 0) is 6.54 Å². The Bertz CT molecular complexity index is 1900. The second-order valence-corrected chi connectivity index (χ2v) is 13.8. The Balaban J connectivity index is 0.000000142. The van der Waals surface area contributed by atoms with Crippen molar-refractivity contribution >= 4 is 49.5 Å². The molecule has 0 aliphatic carbocycles. The molecule has 49 heavy (non-hydrogen) atoms. The SMILES string of the molecule is c1ccc([B-](c2ccccc2)(c2ccccc2)c2ccccc2)cc1.c1ccc2c(CN3CCCN4CCCC43)c3ccccc3cc2c1. The fraction of sp³-hybridized carbons (Fsp3) is 0.174. The lowest BCUT2D eigenvalue weighted by Crippen LogP contribution is -2.74.